The van der Waals surface area contributed by atoms with Crippen molar-refractivity contribution in [2.45, 2.75) is 27.7 Å². The zero-order valence-corrected chi connectivity index (χ0v) is 18.2. The van der Waals surface area contributed by atoms with E-state index in [9.17, 15) is 0 Å². The van der Waals surface area contributed by atoms with E-state index in [1.54, 1.807) is 0 Å². The van der Waals surface area contributed by atoms with E-state index in [0.717, 1.165) is 0 Å². The van der Waals surface area contributed by atoms with Crippen LogP contribution >= 0.6 is 45.3 Å². The first-order valence-electron chi connectivity index (χ1n) is 8.73. The Morgan fingerprint density at radius 1 is 0.577 bits per heavy atom. The van der Waals surface area contributed by atoms with Crippen LogP contribution in [0.15, 0.2) is 24.3 Å². The molecule has 2 aliphatic heterocycles. The van der Waals surface area contributed by atoms with E-state index in [0.29, 0.717) is 6.85 Å². The molecule has 0 radical (unpaired) electrons. The summed E-state index contributed by atoms with van der Waals surface area (Å²) in [7, 11) is 0. The van der Waals surface area contributed by atoms with Gasteiger partial charge >= 0.3 is 6.85 Å². The third kappa shape index (κ3) is 1.91. The zero-order valence-electron chi connectivity index (χ0n) is 15.0. The van der Waals surface area contributed by atoms with Crippen molar-refractivity contribution in [3.8, 4) is 19.5 Å². The first-order chi connectivity index (χ1) is 12.5. The van der Waals surface area contributed by atoms with Crippen molar-refractivity contribution >= 4 is 74.5 Å². The summed E-state index contributed by atoms with van der Waals surface area (Å²) in [4.78, 5) is 14.1. The minimum absolute atomic E-state index is 0.317. The summed E-state index contributed by atoms with van der Waals surface area (Å²) in [6, 6.07) is 9.64. The lowest BCUT2D eigenvalue weighted by Gasteiger charge is -2.38. The monoisotopic (exact) mass is 409 g/mol. The van der Waals surface area contributed by atoms with Gasteiger partial charge in [0.2, 0.25) is 0 Å². The van der Waals surface area contributed by atoms with Crippen molar-refractivity contribution in [3.05, 3.63) is 43.8 Å². The fraction of sp³-hybridized carbons (Fsp3) is 0.200. The van der Waals surface area contributed by atoms with Gasteiger partial charge < -0.3 is 4.81 Å². The molecule has 6 heteroatoms. The van der Waals surface area contributed by atoms with Gasteiger partial charge in [0, 0.05) is 40.6 Å². The highest BCUT2D eigenvalue weighted by molar-refractivity contribution is 7.27. The van der Waals surface area contributed by atoms with Crippen LogP contribution in [0.25, 0.3) is 19.5 Å². The molecule has 26 heavy (non-hydrogen) atoms. The van der Waals surface area contributed by atoms with Gasteiger partial charge in [-0.15, -0.1) is 45.3 Å². The highest BCUT2D eigenvalue weighted by Gasteiger charge is 2.45. The SMILES string of the molecule is Cc1cc2c(s1)-c1sc(C)cc1N1B2c2cc(C)sc2-c2sc(C)cc21. The molecular weight excluding hydrogens is 393 g/mol. The maximum absolute atomic E-state index is 2.63. The summed E-state index contributed by atoms with van der Waals surface area (Å²) in [5.74, 6) is 0. The van der Waals surface area contributed by atoms with Crippen LogP contribution in [0.4, 0.5) is 11.4 Å². The highest BCUT2D eigenvalue weighted by atomic mass is 32.1. The van der Waals surface area contributed by atoms with Gasteiger partial charge in [-0.1, -0.05) is 12.1 Å². The zero-order chi connectivity index (χ0) is 17.7. The molecule has 128 valence electrons. The topological polar surface area (TPSA) is 3.24 Å². The molecule has 0 aliphatic carbocycles. The molecule has 0 fully saturated rings. The van der Waals surface area contributed by atoms with Crippen LogP contribution in [0.3, 0.4) is 0 Å². The molecule has 0 unspecified atom stereocenters. The van der Waals surface area contributed by atoms with Crippen LogP contribution < -0.4 is 15.7 Å². The highest BCUT2D eigenvalue weighted by Crippen LogP contribution is 2.53. The second-order valence-electron chi connectivity index (χ2n) is 7.20. The average molecular weight is 409 g/mol. The number of anilines is 2. The van der Waals surface area contributed by atoms with Crippen LogP contribution in [0.2, 0.25) is 0 Å². The lowest BCUT2D eigenvalue weighted by Crippen LogP contribution is -2.58. The van der Waals surface area contributed by atoms with E-state index in [1.807, 2.05) is 45.3 Å². The van der Waals surface area contributed by atoms with Gasteiger partial charge in [0.15, 0.2) is 0 Å². The molecule has 0 N–H and O–H groups in total. The van der Waals surface area contributed by atoms with Crippen molar-refractivity contribution in [2.75, 3.05) is 4.81 Å². The molecule has 4 aromatic rings. The fourth-order valence-corrected chi connectivity index (χ4v) is 8.78. The van der Waals surface area contributed by atoms with Gasteiger partial charge in [-0.05, 0) is 50.8 Å². The quantitative estimate of drug-likeness (QED) is 0.319. The van der Waals surface area contributed by atoms with Gasteiger partial charge in [-0.3, -0.25) is 0 Å². The van der Waals surface area contributed by atoms with Crippen LogP contribution in [-0.4, -0.2) is 6.85 Å². The van der Waals surface area contributed by atoms with E-state index in [-0.39, 0.29) is 0 Å². The van der Waals surface area contributed by atoms with Gasteiger partial charge in [-0.25, -0.2) is 0 Å². The normalized spacial score (nSPS) is 14.0. The van der Waals surface area contributed by atoms with Gasteiger partial charge in [-0.2, -0.15) is 0 Å². The van der Waals surface area contributed by atoms with E-state index in [4.69, 9.17) is 0 Å². The average Bonchev–Trinajstić information content (AvgIpc) is 3.30. The Kier molecular flexibility index (Phi) is 3.10. The summed E-state index contributed by atoms with van der Waals surface area (Å²) in [6.07, 6.45) is 0. The predicted molar refractivity (Wildman–Crippen MR) is 121 cm³/mol. The number of hydrogen-bond acceptors (Lipinski definition) is 5. The summed E-state index contributed by atoms with van der Waals surface area (Å²) in [6.45, 7) is 9.29. The molecule has 6 rings (SSSR count). The Hall–Kier alpha value is -1.34. The number of fused-ring (bicyclic) bond motifs is 11. The molecule has 1 nitrogen and oxygen atoms in total. The minimum atomic E-state index is 0.317. The third-order valence-corrected chi connectivity index (χ3v) is 9.76. The Balaban J connectivity index is 1.76. The van der Waals surface area contributed by atoms with E-state index in [2.05, 4.69) is 56.8 Å². The first-order valence-corrected chi connectivity index (χ1v) is 12.0. The predicted octanol–water partition coefficient (Wildman–Crippen LogP) is 6.07. The lowest BCUT2D eigenvalue weighted by atomic mass is 9.46. The number of hydrogen-bond donors (Lipinski definition) is 0. The molecule has 0 spiro atoms. The fourth-order valence-electron chi connectivity index (χ4n) is 4.37. The number of nitrogens with zero attached hydrogens (tertiary/aromatic N) is 1. The summed E-state index contributed by atoms with van der Waals surface area (Å²) in [5, 5.41) is 0. The van der Waals surface area contributed by atoms with Gasteiger partial charge in [0.05, 0.1) is 9.75 Å². The van der Waals surface area contributed by atoms with Gasteiger partial charge in [0.1, 0.15) is 0 Å². The van der Waals surface area contributed by atoms with Crippen molar-refractivity contribution in [2.24, 2.45) is 0 Å². The van der Waals surface area contributed by atoms with E-state index < -0.39 is 0 Å². The molecule has 0 atom stereocenters. The molecule has 0 aromatic carbocycles. The first kappa shape index (κ1) is 15.7. The van der Waals surface area contributed by atoms with Crippen molar-refractivity contribution in [3.63, 3.8) is 0 Å². The third-order valence-electron chi connectivity index (χ3n) is 5.22. The van der Waals surface area contributed by atoms with Crippen molar-refractivity contribution < 1.29 is 0 Å². The Labute approximate surface area is 169 Å². The Bertz CT molecular complexity index is 1020. The van der Waals surface area contributed by atoms with Crippen LogP contribution in [0, 0.1) is 27.7 Å². The van der Waals surface area contributed by atoms with Crippen LogP contribution in [0.5, 0.6) is 0 Å². The number of aryl methyl sites for hydroxylation is 4. The molecule has 4 aromatic heterocycles. The summed E-state index contributed by atoms with van der Waals surface area (Å²) in [5.41, 5.74) is 5.80. The maximum Gasteiger partial charge on any atom is 0.331 e. The van der Waals surface area contributed by atoms with Gasteiger partial charge in [0.25, 0.3) is 0 Å². The van der Waals surface area contributed by atoms with E-state index in [1.165, 1.54) is 61.3 Å². The number of rotatable bonds is 0. The molecule has 0 bridgehead atoms. The van der Waals surface area contributed by atoms with Crippen LogP contribution in [-0.2, 0) is 0 Å². The molecule has 0 amide bonds. The Morgan fingerprint density at radius 3 is 1.42 bits per heavy atom. The smallest absolute Gasteiger partial charge is 0.331 e. The lowest BCUT2D eigenvalue weighted by molar-refractivity contribution is 1.40. The van der Waals surface area contributed by atoms with Crippen molar-refractivity contribution in [1.82, 2.24) is 0 Å². The molecule has 0 saturated carbocycles. The summed E-state index contributed by atoms with van der Waals surface area (Å²) < 4.78 is 0. The van der Waals surface area contributed by atoms with E-state index >= 15 is 0 Å². The Morgan fingerprint density at radius 2 is 0.962 bits per heavy atom. The maximum atomic E-state index is 2.63. The molecule has 2 aliphatic rings. The molecule has 6 heterocycles. The number of thiophene rings is 4. The molecule has 0 saturated heterocycles. The second-order valence-corrected chi connectivity index (χ2v) is 12.2. The largest absolute Gasteiger partial charge is 0.374 e. The second kappa shape index (κ2) is 5.13. The standard InChI is InChI=1S/C20H16BNS4/c1-9-5-13-17(23-9)19-15(7-11(3)25-19)22-16-8-12(4)26-20(16)18-14(21(13)22)6-10(2)24-18/h5-8H,1-4H3. The summed E-state index contributed by atoms with van der Waals surface area (Å²) >= 11 is 7.81. The van der Waals surface area contributed by atoms with Crippen LogP contribution in [0.1, 0.15) is 19.5 Å². The molecular formula is C20H16BNS4. The van der Waals surface area contributed by atoms with Crippen molar-refractivity contribution in [1.29, 1.82) is 0 Å². The minimum Gasteiger partial charge on any atom is -0.374 e.